The van der Waals surface area contributed by atoms with E-state index in [1.54, 1.807) is 42.3 Å². The van der Waals surface area contributed by atoms with Crippen LogP contribution in [0, 0.1) is 0 Å². The lowest BCUT2D eigenvalue weighted by atomic mass is 10.2. The molecule has 1 amide bonds. The third kappa shape index (κ3) is 4.38. The first-order valence-corrected chi connectivity index (χ1v) is 10.5. The van der Waals surface area contributed by atoms with E-state index in [2.05, 4.69) is 20.5 Å². The van der Waals surface area contributed by atoms with Crippen LogP contribution in [-0.4, -0.2) is 40.2 Å². The second-order valence-electron chi connectivity index (χ2n) is 6.47. The molecule has 11 nitrogen and oxygen atoms in total. The highest BCUT2D eigenvalue weighted by molar-refractivity contribution is 7.50. The SMILES string of the molecule is Cn1cc(NC(=O)c2ccc(-c3cnn(CP(=O)(O)O)c3)o2)c(-c2ccccn2)n1. The van der Waals surface area contributed by atoms with Gasteiger partial charge in [-0.05, 0) is 24.3 Å². The van der Waals surface area contributed by atoms with Crippen molar-refractivity contribution in [3.05, 3.63) is 60.9 Å². The summed E-state index contributed by atoms with van der Waals surface area (Å²) in [7, 11) is -2.51. The van der Waals surface area contributed by atoms with Gasteiger partial charge < -0.3 is 19.5 Å². The van der Waals surface area contributed by atoms with Gasteiger partial charge in [0.1, 0.15) is 17.7 Å². The van der Waals surface area contributed by atoms with Crippen molar-refractivity contribution in [1.29, 1.82) is 0 Å². The second-order valence-corrected chi connectivity index (χ2v) is 8.08. The minimum absolute atomic E-state index is 0.0589. The van der Waals surface area contributed by atoms with Gasteiger partial charge in [-0.1, -0.05) is 6.07 Å². The fourth-order valence-corrected chi connectivity index (χ4v) is 3.36. The molecule has 0 fully saturated rings. The Morgan fingerprint density at radius 2 is 2.07 bits per heavy atom. The van der Waals surface area contributed by atoms with Crippen molar-refractivity contribution in [2.24, 2.45) is 7.05 Å². The zero-order valence-electron chi connectivity index (χ0n) is 15.7. The molecule has 12 heteroatoms. The minimum Gasteiger partial charge on any atom is -0.451 e. The number of aryl methyl sites for hydroxylation is 1. The molecule has 0 radical (unpaired) electrons. The van der Waals surface area contributed by atoms with Gasteiger partial charge in [-0.2, -0.15) is 10.2 Å². The zero-order valence-corrected chi connectivity index (χ0v) is 16.6. The van der Waals surface area contributed by atoms with Gasteiger partial charge in [0.15, 0.2) is 5.76 Å². The van der Waals surface area contributed by atoms with Crippen molar-refractivity contribution in [2.75, 3.05) is 5.32 Å². The number of furan rings is 1. The van der Waals surface area contributed by atoms with E-state index < -0.39 is 19.8 Å². The van der Waals surface area contributed by atoms with Crippen molar-refractivity contribution in [3.8, 4) is 22.7 Å². The number of aromatic nitrogens is 5. The first-order chi connectivity index (χ1) is 14.3. The molecule has 3 N–H and O–H groups in total. The van der Waals surface area contributed by atoms with E-state index in [0.29, 0.717) is 28.4 Å². The summed E-state index contributed by atoms with van der Waals surface area (Å²) in [6.45, 7) is 0. The van der Waals surface area contributed by atoms with Crippen LogP contribution in [0.3, 0.4) is 0 Å². The molecular weight excluding hydrogens is 411 g/mol. The fourth-order valence-electron chi connectivity index (χ4n) is 2.83. The van der Waals surface area contributed by atoms with Gasteiger partial charge in [0.25, 0.3) is 5.91 Å². The fraction of sp³-hybridized carbons (Fsp3) is 0.111. The summed E-state index contributed by atoms with van der Waals surface area (Å²) in [6.07, 6.45) is 5.59. The molecule has 154 valence electrons. The van der Waals surface area contributed by atoms with E-state index >= 15 is 0 Å². The Balaban J connectivity index is 1.53. The van der Waals surface area contributed by atoms with E-state index in [1.165, 1.54) is 18.5 Å². The van der Waals surface area contributed by atoms with Crippen LogP contribution in [0.1, 0.15) is 10.6 Å². The summed E-state index contributed by atoms with van der Waals surface area (Å²) in [6, 6.07) is 8.49. The molecule has 0 saturated heterocycles. The smallest absolute Gasteiger partial charge is 0.346 e. The topological polar surface area (TPSA) is 148 Å². The van der Waals surface area contributed by atoms with Gasteiger partial charge in [0.2, 0.25) is 0 Å². The largest absolute Gasteiger partial charge is 0.451 e. The van der Waals surface area contributed by atoms with Crippen LogP contribution in [-0.2, 0) is 17.9 Å². The lowest BCUT2D eigenvalue weighted by molar-refractivity contribution is 0.0997. The number of nitrogens with zero attached hydrogens (tertiary/aromatic N) is 5. The maximum atomic E-state index is 12.7. The number of pyridine rings is 1. The third-order valence-corrected chi connectivity index (χ3v) is 4.72. The molecule has 0 aliphatic carbocycles. The van der Waals surface area contributed by atoms with E-state index in [0.717, 1.165) is 4.68 Å². The number of hydrogen-bond acceptors (Lipinski definition) is 6. The van der Waals surface area contributed by atoms with E-state index in [-0.39, 0.29) is 5.76 Å². The first-order valence-electron chi connectivity index (χ1n) is 8.72. The summed E-state index contributed by atoms with van der Waals surface area (Å²) >= 11 is 0. The molecule has 4 aromatic heterocycles. The Hall–Kier alpha value is -3.53. The van der Waals surface area contributed by atoms with Crippen molar-refractivity contribution in [1.82, 2.24) is 24.5 Å². The van der Waals surface area contributed by atoms with Crippen molar-refractivity contribution in [2.45, 2.75) is 6.29 Å². The Morgan fingerprint density at radius 3 is 2.80 bits per heavy atom. The summed E-state index contributed by atoms with van der Waals surface area (Å²) in [5, 5.41) is 11.0. The van der Waals surface area contributed by atoms with E-state index in [4.69, 9.17) is 14.2 Å². The molecule has 0 saturated carbocycles. The van der Waals surface area contributed by atoms with Crippen LogP contribution in [0.5, 0.6) is 0 Å². The molecule has 4 rings (SSSR count). The van der Waals surface area contributed by atoms with Gasteiger partial charge in [-0.25, -0.2) is 0 Å². The summed E-state index contributed by atoms with van der Waals surface area (Å²) in [5.41, 5.74) is 2.11. The molecule has 30 heavy (non-hydrogen) atoms. The summed E-state index contributed by atoms with van der Waals surface area (Å²) in [4.78, 5) is 35.0. The third-order valence-electron chi connectivity index (χ3n) is 4.06. The summed E-state index contributed by atoms with van der Waals surface area (Å²) < 4.78 is 19.4. The van der Waals surface area contributed by atoms with Gasteiger partial charge in [0.05, 0.1) is 23.1 Å². The average molecular weight is 428 g/mol. The lowest BCUT2D eigenvalue weighted by Crippen LogP contribution is -2.11. The van der Waals surface area contributed by atoms with Crippen LogP contribution in [0.4, 0.5) is 5.69 Å². The molecule has 4 heterocycles. The maximum absolute atomic E-state index is 12.7. The number of carbonyl (C=O) groups is 1. The monoisotopic (exact) mass is 428 g/mol. The zero-order chi connectivity index (χ0) is 21.3. The van der Waals surface area contributed by atoms with Gasteiger partial charge in [-0.15, -0.1) is 0 Å². The normalized spacial score (nSPS) is 11.6. The van der Waals surface area contributed by atoms with E-state index in [1.807, 2.05) is 6.07 Å². The van der Waals surface area contributed by atoms with Crippen molar-refractivity contribution in [3.63, 3.8) is 0 Å². The lowest BCUT2D eigenvalue weighted by Gasteiger charge is -2.03. The quantitative estimate of drug-likeness (QED) is 0.396. The van der Waals surface area contributed by atoms with Gasteiger partial charge in [-0.3, -0.25) is 23.7 Å². The number of nitrogens with one attached hydrogen (secondary N) is 1. The predicted molar refractivity (Wildman–Crippen MR) is 106 cm³/mol. The standard InChI is InChI=1S/C18H17N6O5P/c1-23-10-14(17(22-23)13-4-2-3-7-19-13)21-18(25)16-6-5-15(29-16)12-8-20-24(9-12)11-30(26,27)28/h2-10H,11H2,1H3,(H,21,25)(H2,26,27,28). The van der Waals surface area contributed by atoms with E-state index in [9.17, 15) is 9.36 Å². The average Bonchev–Trinajstić information content (AvgIpc) is 3.41. The molecular formula is C18H17N6O5P. The minimum atomic E-state index is -4.25. The number of anilines is 1. The van der Waals surface area contributed by atoms with Crippen molar-refractivity contribution >= 4 is 19.2 Å². The highest BCUT2D eigenvalue weighted by atomic mass is 31.2. The second kappa shape index (κ2) is 7.71. The Bertz CT molecular complexity index is 1240. The Kier molecular flexibility index (Phi) is 5.08. The number of rotatable bonds is 6. The summed E-state index contributed by atoms with van der Waals surface area (Å²) in [5.74, 6) is -0.0779. The molecule has 0 aliphatic rings. The number of carbonyl (C=O) groups excluding carboxylic acids is 1. The Labute approximate surface area is 170 Å². The van der Waals surface area contributed by atoms with Crippen LogP contribution in [0.15, 0.2) is 59.5 Å². The van der Waals surface area contributed by atoms with Gasteiger partial charge >= 0.3 is 7.60 Å². The molecule has 0 atom stereocenters. The van der Waals surface area contributed by atoms with Crippen LogP contribution < -0.4 is 5.32 Å². The molecule has 0 aromatic carbocycles. The Morgan fingerprint density at radius 1 is 1.23 bits per heavy atom. The molecule has 0 spiro atoms. The molecule has 0 bridgehead atoms. The van der Waals surface area contributed by atoms with Gasteiger partial charge in [0, 0.05) is 25.6 Å². The van der Waals surface area contributed by atoms with Crippen LogP contribution >= 0.6 is 7.60 Å². The molecule has 0 unspecified atom stereocenters. The predicted octanol–water partition coefficient (Wildman–Crippen LogP) is 2.33. The maximum Gasteiger partial charge on any atom is 0.346 e. The van der Waals surface area contributed by atoms with Crippen LogP contribution in [0.2, 0.25) is 0 Å². The molecule has 0 aliphatic heterocycles. The number of hydrogen-bond donors (Lipinski definition) is 3. The number of amides is 1. The van der Waals surface area contributed by atoms with Crippen LogP contribution in [0.25, 0.3) is 22.7 Å². The highest BCUT2D eigenvalue weighted by Crippen LogP contribution is 2.36. The van der Waals surface area contributed by atoms with Crippen molar-refractivity contribution < 1.29 is 23.6 Å². The molecule has 4 aromatic rings. The highest BCUT2D eigenvalue weighted by Gasteiger charge is 2.19. The first kappa shape index (κ1) is 19.8.